The first-order valence-corrected chi connectivity index (χ1v) is 8.21. The molecular weight excluding hydrogens is 316 g/mol. The molecule has 1 fully saturated rings. The summed E-state index contributed by atoms with van der Waals surface area (Å²) in [5.74, 6) is 0.546. The number of hydrogen-bond donors (Lipinski definition) is 2. The van der Waals surface area contributed by atoms with Gasteiger partial charge in [-0.2, -0.15) is 0 Å². The quantitative estimate of drug-likeness (QED) is 0.864. The van der Waals surface area contributed by atoms with E-state index in [0.29, 0.717) is 12.0 Å². The fourth-order valence-corrected chi connectivity index (χ4v) is 3.20. The molecule has 0 saturated carbocycles. The second-order valence-corrected chi connectivity index (χ2v) is 6.93. The molecule has 2 rings (SSSR count). The van der Waals surface area contributed by atoms with Crippen LogP contribution in [0.2, 0.25) is 0 Å². The largest absolute Gasteiger partial charge is 0.394 e. The van der Waals surface area contributed by atoms with E-state index in [1.807, 2.05) is 0 Å². The Labute approximate surface area is 130 Å². The maximum Gasteiger partial charge on any atom is 0.0637 e. The minimum Gasteiger partial charge on any atom is -0.394 e. The number of aliphatic hydroxyl groups is 1. The van der Waals surface area contributed by atoms with E-state index >= 15 is 0 Å². The number of nitrogens with one attached hydrogen (secondary N) is 1. The Balaban J connectivity index is 2.26. The first-order chi connectivity index (χ1) is 9.52. The van der Waals surface area contributed by atoms with Crippen LogP contribution < -0.4 is 10.2 Å². The molecule has 2 atom stereocenters. The highest BCUT2D eigenvalue weighted by atomic mass is 79.9. The lowest BCUT2D eigenvalue weighted by Crippen LogP contribution is -2.36. The van der Waals surface area contributed by atoms with Crippen LogP contribution in [0, 0.1) is 5.92 Å². The van der Waals surface area contributed by atoms with Crippen LogP contribution in [0.5, 0.6) is 0 Å². The molecule has 4 heteroatoms. The number of nitrogens with zero attached hydrogens (tertiary/aromatic N) is 1. The number of rotatable bonds is 5. The van der Waals surface area contributed by atoms with Gasteiger partial charge in [-0.05, 0) is 30.0 Å². The van der Waals surface area contributed by atoms with Crippen LogP contribution in [0.4, 0.5) is 5.69 Å². The molecule has 1 aromatic rings. The number of halogens is 1. The molecule has 1 aromatic carbocycles. The van der Waals surface area contributed by atoms with Gasteiger partial charge in [-0.1, -0.05) is 42.8 Å². The fraction of sp³-hybridized carbons (Fsp3) is 0.625. The Morgan fingerprint density at radius 2 is 2.20 bits per heavy atom. The fourth-order valence-electron chi connectivity index (χ4n) is 2.85. The SMILES string of the molecule is CC(C)NCc1ccc(Br)cc1N1CCC(C)C1CO. The summed E-state index contributed by atoms with van der Waals surface area (Å²) < 4.78 is 1.09. The number of hydrogen-bond acceptors (Lipinski definition) is 3. The molecular formula is C16H25BrN2O. The maximum absolute atomic E-state index is 9.68. The van der Waals surface area contributed by atoms with Gasteiger partial charge in [0.25, 0.3) is 0 Å². The third kappa shape index (κ3) is 3.54. The van der Waals surface area contributed by atoms with Crippen molar-refractivity contribution < 1.29 is 5.11 Å². The Morgan fingerprint density at radius 3 is 2.85 bits per heavy atom. The molecule has 0 aromatic heterocycles. The van der Waals surface area contributed by atoms with E-state index in [4.69, 9.17) is 0 Å². The number of benzene rings is 1. The first kappa shape index (κ1) is 15.8. The van der Waals surface area contributed by atoms with E-state index in [2.05, 4.69) is 65.1 Å². The van der Waals surface area contributed by atoms with Gasteiger partial charge in [0.2, 0.25) is 0 Å². The van der Waals surface area contributed by atoms with Crippen LogP contribution in [0.1, 0.15) is 32.8 Å². The highest BCUT2D eigenvalue weighted by Gasteiger charge is 2.31. The number of aliphatic hydroxyl groups excluding tert-OH is 1. The monoisotopic (exact) mass is 340 g/mol. The van der Waals surface area contributed by atoms with Gasteiger partial charge in [-0.25, -0.2) is 0 Å². The zero-order valence-corrected chi connectivity index (χ0v) is 14.2. The lowest BCUT2D eigenvalue weighted by Gasteiger charge is -2.30. The minimum atomic E-state index is 0.227. The highest BCUT2D eigenvalue weighted by Crippen LogP contribution is 2.33. The Hall–Kier alpha value is -0.580. The zero-order chi connectivity index (χ0) is 14.7. The molecule has 0 bridgehead atoms. The molecule has 0 amide bonds. The molecule has 1 aliphatic heterocycles. The van der Waals surface area contributed by atoms with Gasteiger partial charge in [-0.15, -0.1) is 0 Å². The molecule has 1 heterocycles. The summed E-state index contributed by atoms with van der Waals surface area (Å²) in [6.45, 7) is 8.66. The zero-order valence-electron chi connectivity index (χ0n) is 12.6. The van der Waals surface area contributed by atoms with Crippen molar-refractivity contribution in [1.82, 2.24) is 5.32 Å². The van der Waals surface area contributed by atoms with E-state index in [9.17, 15) is 5.11 Å². The maximum atomic E-state index is 9.68. The summed E-state index contributed by atoms with van der Waals surface area (Å²) in [5.41, 5.74) is 2.55. The van der Waals surface area contributed by atoms with E-state index < -0.39 is 0 Å². The lowest BCUT2D eigenvalue weighted by atomic mass is 10.0. The lowest BCUT2D eigenvalue weighted by molar-refractivity contribution is 0.244. The summed E-state index contributed by atoms with van der Waals surface area (Å²) in [4.78, 5) is 2.37. The van der Waals surface area contributed by atoms with E-state index in [-0.39, 0.29) is 12.6 Å². The predicted molar refractivity (Wildman–Crippen MR) is 88.1 cm³/mol. The van der Waals surface area contributed by atoms with Crippen molar-refractivity contribution in [1.29, 1.82) is 0 Å². The van der Waals surface area contributed by atoms with Crippen molar-refractivity contribution in [3.63, 3.8) is 0 Å². The summed E-state index contributed by atoms with van der Waals surface area (Å²) >= 11 is 3.57. The predicted octanol–water partition coefficient (Wildman–Crippen LogP) is 3.15. The van der Waals surface area contributed by atoms with Crippen molar-refractivity contribution in [2.45, 2.75) is 45.8 Å². The molecule has 1 aliphatic rings. The van der Waals surface area contributed by atoms with Gasteiger partial charge >= 0.3 is 0 Å². The second-order valence-electron chi connectivity index (χ2n) is 6.02. The van der Waals surface area contributed by atoms with Crippen molar-refractivity contribution in [3.8, 4) is 0 Å². The van der Waals surface area contributed by atoms with E-state index in [1.165, 1.54) is 11.3 Å². The Bertz CT molecular complexity index is 450. The van der Waals surface area contributed by atoms with Gasteiger partial charge in [0.05, 0.1) is 12.6 Å². The average molecular weight is 341 g/mol. The summed E-state index contributed by atoms with van der Waals surface area (Å²) in [6.07, 6.45) is 1.15. The topological polar surface area (TPSA) is 35.5 Å². The summed E-state index contributed by atoms with van der Waals surface area (Å²) in [6, 6.07) is 7.15. The van der Waals surface area contributed by atoms with E-state index in [0.717, 1.165) is 24.0 Å². The van der Waals surface area contributed by atoms with Crippen LogP contribution in [0.15, 0.2) is 22.7 Å². The third-order valence-electron chi connectivity index (χ3n) is 4.13. The van der Waals surface area contributed by atoms with Crippen LogP contribution in [-0.4, -0.2) is 30.3 Å². The molecule has 112 valence electrons. The third-order valence-corrected chi connectivity index (χ3v) is 4.62. The van der Waals surface area contributed by atoms with Gasteiger partial charge in [0, 0.05) is 29.3 Å². The first-order valence-electron chi connectivity index (χ1n) is 7.42. The van der Waals surface area contributed by atoms with Crippen molar-refractivity contribution in [2.75, 3.05) is 18.1 Å². The van der Waals surface area contributed by atoms with Crippen molar-refractivity contribution in [2.24, 2.45) is 5.92 Å². The molecule has 0 aliphatic carbocycles. The second kappa shape index (κ2) is 6.92. The Kier molecular flexibility index (Phi) is 5.47. The van der Waals surface area contributed by atoms with Crippen LogP contribution in [-0.2, 0) is 6.54 Å². The highest BCUT2D eigenvalue weighted by molar-refractivity contribution is 9.10. The smallest absolute Gasteiger partial charge is 0.0637 e. The molecule has 2 N–H and O–H groups in total. The normalized spacial score (nSPS) is 22.8. The van der Waals surface area contributed by atoms with Gasteiger partial charge < -0.3 is 15.3 Å². The standard InChI is InChI=1S/C16H25BrN2O/c1-11(2)18-9-13-4-5-14(17)8-15(13)19-7-6-12(3)16(19)10-20/h4-5,8,11-12,16,18,20H,6-7,9-10H2,1-3H3. The van der Waals surface area contributed by atoms with Gasteiger partial charge in [-0.3, -0.25) is 0 Å². The van der Waals surface area contributed by atoms with E-state index in [1.54, 1.807) is 0 Å². The van der Waals surface area contributed by atoms with Crippen molar-refractivity contribution >= 4 is 21.6 Å². The van der Waals surface area contributed by atoms with Crippen molar-refractivity contribution in [3.05, 3.63) is 28.2 Å². The minimum absolute atomic E-state index is 0.227. The molecule has 0 radical (unpaired) electrons. The number of anilines is 1. The average Bonchev–Trinajstić information content (AvgIpc) is 2.78. The summed E-state index contributed by atoms with van der Waals surface area (Å²) in [7, 11) is 0. The van der Waals surface area contributed by atoms with Gasteiger partial charge in [0.1, 0.15) is 0 Å². The van der Waals surface area contributed by atoms with Crippen LogP contribution in [0.25, 0.3) is 0 Å². The molecule has 1 saturated heterocycles. The van der Waals surface area contributed by atoms with Gasteiger partial charge in [0.15, 0.2) is 0 Å². The Morgan fingerprint density at radius 1 is 1.45 bits per heavy atom. The van der Waals surface area contributed by atoms with Crippen LogP contribution in [0.3, 0.4) is 0 Å². The molecule has 2 unspecified atom stereocenters. The van der Waals surface area contributed by atoms with Crippen LogP contribution >= 0.6 is 15.9 Å². The molecule has 3 nitrogen and oxygen atoms in total. The molecule has 0 spiro atoms. The summed E-state index contributed by atoms with van der Waals surface area (Å²) in [5, 5.41) is 13.2. The molecule has 20 heavy (non-hydrogen) atoms.